The predicted molar refractivity (Wildman–Crippen MR) is 56.9 cm³/mol. The smallest absolute Gasteiger partial charge is 0.0801 e. The Morgan fingerprint density at radius 2 is 1.18 bits per heavy atom. The fourth-order valence-electron chi connectivity index (χ4n) is 0.544. The van der Waals surface area contributed by atoms with Crippen molar-refractivity contribution in [3.63, 3.8) is 0 Å². The molecule has 0 aromatic heterocycles. The van der Waals surface area contributed by atoms with E-state index in [1.165, 1.54) is 0 Å². The third kappa shape index (κ3) is 2.04. The Morgan fingerprint density at radius 3 is 1.55 bits per heavy atom. The Labute approximate surface area is 96.1 Å². The van der Waals surface area contributed by atoms with E-state index in [0.29, 0.717) is 15.1 Å². The molecule has 0 fully saturated rings. The van der Waals surface area contributed by atoms with Gasteiger partial charge >= 0.3 is 0 Å². The molecular formula is C6HBr2Cl3. The molecule has 0 unspecified atom stereocenters. The molecule has 0 aliphatic rings. The van der Waals surface area contributed by atoms with Crippen LogP contribution in [0.3, 0.4) is 0 Å². The van der Waals surface area contributed by atoms with Crippen molar-refractivity contribution in [3.05, 3.63) is 30.1 Å². The van der Waals surface area contributed by atoms with Crippen molar-refractivity contribution in [2.75, 3.05) is 0 Å². The van der Waals surface area contributed by atoms with E-state index < -0.39 is 0 Å². The second kappa shape index (κ2) is 3.84. The molecule has 0 aliphatic heterocycles. The second-order valence-electron chi connectivity index (χ2n) is 1.78. The van der Waals surface area contributed by atoms with Gasteiger partial charge in [0.25, 0.3) is 0 Å². The Kier molecular flexibility index (Phi) is 3.54. The molecule has 0 N–H and O–H groups in total. The third-order valence-corrected chi connectivity index (χ3v) is 4.12. The summed E-state index contributed by atoms with van der Waals surface area (Å²) in [5.74, 6) is 0. The highest BCUT2D eigenvalue weighted by atomic mass is 79.9. The van der Waals surface area contributed by atoms with Gasteiger partial charge in [0.2, 0.25) is 0 Å². The minimum absolute atomic E-state index is 0.356. The lowest BCUT2D eigenvalue weighted by Gasteiger charge is -2.02. The fraction of sp³-hybridized carbons (Fsp3) is 0. The largest absolute Gasteiger partial charge is 0.0814 e. The summed E-state index contributed by atoms with van der Waals surface area (Å²) in [4.78, 5) is 0. The van der Waals surface area contributed by atoms with Crippen molar-refractivity contribution in [2.24, 2.45) is 0 Å². The average molecular weight is 339 g/mol. The van der Waals surface area contributed by atoms with Gasteiger partial charge in [-0.25, -0.2) is 0 Å². The molecule has 0 heterocycles. The van der Waals surface area contributed by atoms with Crippen LogP contribution in [0.2, 0.25) is 15.1 Å². The normalized spacial score (nSPS) is 10.3. The van der Waals surface area contributed by atoms with Crippen LogP contribution in [0, 0.1) is 0 Å². The topological polar surface area (TPSA) is 0 Å². The highest BCUT2D eigenvalue weighted by molar-refractivity contribution is 9.11. The van der Waals surface area contributed by atoms with Gasteiger partial charge in [0.05, 0.1) is 15.1 Å². The lowest BCUT2D eigenvalue weighted by molar-refractivity contribution is 1.60. The molecule has 1 aromatic carbocycles. The first-order valence-electron chi connectivity index (χ1n) is 2.52. The van der Waals surface area contributed by atoms with Gasteiger partial charge in [0.1, 0.15) is 0 Å². The first-order valence-corrected chi connectivity index (χ1v) is 5.24. The monoisotopic (exact) mass is 336 g/mol. The van der Waals surface area contributed by atoms with Crippen molar-refractivity contribution in [2.45, 2.75) is 0 Å². The highest BCUT2D eigenvalue weighted by Gasteiger charge is 2.10. The summed E-state index contributed by atoms with van der Waals surface area (Å²) in [7, 11) is 0. The van der Waals surface area contributed by atoms with E-state index in [0.717, 1.165) is 8.95 Å². The fourth-order valence-corrected chi connectivity index (χ4v) is 2.48. The number of halogens is 5. The van der Waals surface area contributed by atoms with Crippen LogP contribution in [0.1, 0.15) is 0 Å². The van der Waals surface area contributed by atoms with Crippen LogP contribution in [-0.4, -0.2) is 0 Å². The molecule has 0 aliphatic carbocycles. The van der Waals surface area contributed by atoms with E-state index in [2.05, 4.69) is 31.9 Å². The molecule has 5 heteroatoms. The van der Waals surface area contributed by atoms with E-state index in [-0.39, 0.29) is 0 Å². The van der Waals surface area contributed by atoms with E-state index in [1.807, 2.05) is 0 Å². The van der Waals surface area contributed by atoms with Gasteiger partial charge in [-0.1, -0.05) is 34.8 Å². The zero-order valence-corrected chi connectivity index (χ0v) is 10.4. The summed E-state index contributed by atoms with van der Waals surface area (Å²) in [5.41, 5.74) is 0. The molecule has 0 spiro atoms. The molecule has 0 amide bonds. The Balaban J connectivity index is 3.46. The highest BCUT2D eigenvalue weighted by Crippen LogP contribution is 2.40. The standard InChI is InChI=1S/C6HBr2Cl3/c7-2-1-3(8)5(10)6(11)4(2)9/h1H. The molecule has 1 rings (SSSR count). The van der Waals surface area contributed by atoms with Crippen LogP contribution in [0.5, 0.6) is 0 Å². The Hall–Kier alpha value is 1.05. The van der Waals surface area contributed by atoms with Crippen molar-refractivity contribution >= 4 is 66.7 Å². The van der Waals surface area contributed by atoms with E-state index in [4.69, 9.17) is 34.8 Å². The van der Waals surface area contributed by atoms with Gasteiger partial charge in [-0.2, -0.15) is 0 Å². The van der Waals surface area contributed by atoms with E-state index >= 15 is 0 Å². The number of hydrogen-bond acceptors (Lipinski definition) is 0. The molecule has 0 saturated heterocycles. The summed E-state index contributed by atoms with van der Waals surface area (Å²) >= 11 is 23.8. The molecule has 11 heavy (non-hydrogen) atoms. The number of hydrogen-bond donors (Lipinski definition) is 0. The van der Waals surface area contributed by atoms with Crippen LogP contribution in [-0.2, 0) is 0 Å². The van der Waals surface area contributed by atoms with E-state index in [1.54, 1.807) is 6.07 Å². The van der Waals surface area contributed by atoms with Gasteiger partial charge in [-0.3, -0.25) is 0 Å². The molecule has 0 radical (unpaired) electrons. The predicted octanol–water partition coefficient (Wildman–Crippen LogP) is 5.17. The lowest BCUT2D eigenvalue weighted by Crippen LogP contribution is -1.76. The van der Waals surface area contributed by atoms with Crippen LogP contribution >= 0.6 is 66.7 Å². The summed E-state index contributed by atoms with van der Waals surface area (Å²) in [6.07, 6.45) is 0. The Morgan fingerprint density at radius 1 is 0.818 bits per heavy atom. The van der Waals surface area contributed by atoms with Crippen molar-refractivity contribution < 1.29 is 0 Å². The van der Waals surface area contributed by atoms with Crippen molar-refractivity contribution in [3.8, 4) is 0 Å². The van der Waals surface area contributed by atoms with E-state index in [9.17, 15) is 0 Å². The van der Waals surface area contributed by atoms with Gasteiger partial charge in [0.15, 0.2) is 0 Å². The van der Waals surface area contributed by atoms with Gasteiger partial charge in [-0.05, 0) is 37.9 Å². The van der Waals surface area contributed by atoms with Gasteiger partial charge in [0, 0.05) is 8.95 Å². The van der Waals surface area contributed by atoms with Crippen LogP contribution in [0.25, 0.3) is 0 Å². The van der Waals surface area contributed by atoms with Crippen molar-refractivity contribution in [1.29, 1.82) is 0 Å². The van der Waals surface area contributed by atoms with Gasteiger partial charge < -0.3 is 0 Å². The lowest BCUT2D eigenvalue weighted by atomic mass is 10.4. The Bertz CT molecular complexity index is 272. The van der Waals surface area contributed by atoms with Crippen molar-refractivity contribution in [1.82, 2.24) is 0 Å². The summed E-state index contributed by atoms with van der Waals surface area (Å²) in [5, 5.41) is 1.22. The minimum atomic E-state index is 0.356. The minimum Gasteiger partial charge on any atom is -0.0814 e. The van der Waals surface area contributed by atoms with Crippen LogP contribution in [0.4, 0.5) is 0 Å². The second-order valence-corrected chi connectivity index (χ2v) is 4.62. The van der Waals surface area contributed by atoms with Crippen LogP contribution < -0.4 is 0 Å². The molecule has 0 bridgehead atoms. The molecule has 60 valence electrons. The first kappa shape index (κ1) is 10.1. The number of benzene rings is 1. The third-order valence-electron chi connectivity index (χ3n) is 1.06. The van der Waals surface area contributed by atoms with Crippen LogP contribution in [0.15, 0.2) is 15.0 Å². The average Bonchev–Trinajstić information content (AvgIpc) is 1.97. The first-order chi connectivity index (χ1) is 5.04. The SMILES string of the molecule is Clc1c(Br)cc(Br)c(Cl)c1Cl. The summed E-state index contributed by atoms with van der Waals surface area (Å²) in [6.45, 7) is 0. The molecule has 0 nitrogen and oxygen atoms in total. The zero-order valence-electron chi connectivity index (χ0n) is 4.97. The maximum atomic E-state index is 5.77. The number of rotatable bonds is 0. The maximum Gasteiger partial charge on any atom is 0.0801 e. The molecular weight excluding hydrogens is 338 g/mol. The molecule has 1 aromatic rings. The quantitative estimate of drug-likeness (QED) is 0.452. The summed E-state index contributed by atoms with van der Waals surface area (Å²) < 4.78 is 1.45. The zero-order chi connectivity index (χ0) is 8.59. The van der Waals surface area contributed by atoms with Gasteiger partial charge in [-0.15, -0.1) is 0 Å². The maximum absolute atomic E-state index is 5.77. The molecule has 0 saturated carbocycles. The molecule has 0 atom stereocenters. The summed E-state index contributed by atoms with van der Waals surface area (Å²) in [6, 6.07) is 1.75.